The largest absolute Gasteiger partial charge is 0.508 e. The van der Waals surface area contributed by atoms with Crippen molar-refractivity contribution in [2.24, 2.45) is 0 Å². The Morgan fingerprint density at radius 1 is 1.12 bits per heavy atom. The van der Waals surface area contributed by atoms with Gasteiger partial charge in [-0.1, -0.05) is 42.5 Å². The summed E-state index contributed by atoms with van der Waals surface area (Å²) in [5.74, 6) is 0.312. The highest BCUT2D eigenvalue weighted by molar-refractivity contribution is 8.03. The van der Waals surface area contributed by atoms with Crippen LogP contribution < -0.4 is 5.32 Å². The van der Waals surface area contributed by atoms with Crippen LogP contribution in [0.4, 0.5) is 0 Å². The van der Waals surface area contributed by atoms with Crippen LogP contribution >= 0.6 is 11.8 Å². The molecule has 6 heteroatoms. The molecule has 2 aromatic rings. The van der Waals surface area contributed by atoms with Gasteiger partial charge in [-0.05, 0) is 35.1 Å². The maximum Gasteiger partial charge on any atom is 0.240 e. The van der Waals surface area contributed by atoms with Crippen LogP contribution in [0, 0.1) is 0 Å². The molecule has 0 unspecified atom stereocenters. The Balaban J connectivity index is 1.58. The smallest absolute Gasteiger partial charge is 0.240 e. The van der Waals surface area contributed by atoms with Crippen molar-refractivity contribution in [3.8, 4) is 5.75 Å². The zero-order valence-corrected chi connectivity index (χ0v) is 15.0. The Labute approximate surface area is 156 Å². The van der Waals surface area contributed by atoms with E-state index in [4.69, 9.17) is 0 Å². The Morgan fingerprint density at radius 3 is 2.58 bits per heavy atom. The molecule has 0 radical (unpaired) electrons. The Hall–Kier alpha value is -2.73. The summed E-state index contributed by atoms with van der Waals surface area (Å²) >= 11 is 1.45. The van der Waals surface area contributed by atoms with E-state index in [-0.39, 0.29) is 24.1 Å². The van der Waals surface area contributed by atoms with Crippen molar-refractivity contribution in [2.75, 3.05) is 18.8 Å². The van der Waals surface area contributed by atoms with Crippen LogP contribution in [0.1, 0.15) is 11.1 Å². The number of nitrogens with zero attached hydrogens (tertiary/aromatic N) is 1. The number of hydrogen-bond donors (Lipinski definition) is 2. The molecular formula is C20H20N2O3S. The molecule has 0 aromatic heterocycles. The van der Waals surface area contributed by atoms with Crippen molar-refractivity contribution in [3.63, 3.8) is 0 Å². The Morgan fingerprint density at radius 2 is 1.85 bits per heavy atom. The number of hydrogen-bond acceptors (Lipinski definition) is 4. The zero-order valence-electron chi connectivity index (χ0n) is 14.2. The molecule has 1 aliphatic heterocycles. The molecule has 0 atom stereocenters. The summed E-state index contributed by atoms with van der Waals surface area (Å²) in [5, 5.41) is 14.1. The third kappa shape index (κ3) is 4.67. The lowest BCUT2D eigenvalue weighted by molar-refractivity contribution is -0.131. The van der Waals surface area contributed by atoms with Gasteiger partial charge in [0.15, 0.2) is 0 Å². The van der Waals surface area contributed by atoms with Gasteiger partial charge in [0.2, 0.25) is 11.8 Å². The standard InChI is InChI=1S/C20H20N2O3S/c23-17-8-6-15(7-9-17)10-11-21-19(24)12-22-18(13-26-14-20(22)25)16-4-2-1-3-5-16/h1-9,13,23H,10-12,14H2,(H,21,24). The van der Waals surface area contributed by atoms with Crippen molar-refractivity contribution >= 4 is 29.3 Å². The molecule has 0 bridgehead atoms. The highest BCUT2D eigenvalue weighted by atomic mass is 32.2. The van der Waals surface area contributed by atoms with Crippen LogP contribution in [0.3, 0.4) is 0 Å². The van der Waals surface area contributed by atoms with E-state index < -0.39 is 0 Å². The lowest BCUT2D eigenvalue weighted by atomic mass is 10.1. The number of thioether (sulfide) groups is 1. The van der Waals surface area contributed by atoms with Gasteiger partial charge in [-0.25, -0.2) is 0 Å². The van der Waals surface area contributed by atoms with Crippen LogP contribution in [0.2, 0.25) is 0 Å². The van der Waals surface area contributed by atoms with Crippen molar-refractivity contribution in [3.05, 3.63) is 71.1 Å². The predicted octanol–water partition coefficient (Wildman–Crippen LogP) is 2.62. The molecule has 134 valence electrons. The van der Waals surface area contributed by atoms with Gasteiger partial charge in [0, 0.05) is 6.54 Å². The van der Waals surface area contributed by atoms with E-state index in [2.05, 4.69) is 5.32 Å². The minimum absolute atomic E-state index is 0.00962. The minimum atomic E-state index is -0.189. The molecule has 1 aliphatic rings. The number of amides is 2. The summed E-state index contributed by atoms with van der Waals surface area (Å²) in [7, 11) is 0. The molecule has 0 spiro atoms. The van der Waals surface area contributed by atoms with Crippen molar-refractivity contribution in [1.82, 2.24) is 10.2 Å². The third-order valence-corrected chi connectivity index (χ3v) is 4.84. The molecule has 0 saturated heterocycles. The number of nitrogens with one attached hydrogen (secondary N) is 1. The number of benzene rings is 2. The van der Waals surface area contributed by atoms with Gasteiger partial charge in [-0.15, -0.1) is 11.8 Å². The fourth-order valence-electron chi connectivity index (χ4n) is 2.68. The first-order valence-electron chi connectivity index (χ1n) is 8.35. The predicted molar refractivity (Wildman–Crippen MR) is 103 cm³/mol. The summed E-state index contributed by atoms with van der Waals surface area (Å²) in [6, 6.07) is 16.5. The number of carbonyl (C=O) groups is 2. The summed E-state index contributed by atoms with van der Waals surface area (Å²) in [4.78, 5) is 26.1. The van der Waals surface area contributed by atoms with Gasteiger partial charge >= 0.3 is 0 Å². The van der Waals surface area contributed by atoms with Gasteiger partial charge in [0.1, 0.15) is 12.3 Å². The summed E-state index contributed by atoms with van der Waals surface area (Å²) in [6.45, 7) is 0.487. The molecule has 5 nitrogen and oxygen atoms in total. The average Bonchev–Trinajstić information content (AvgIpc) is 2.66. The normalized spacial score (nSPS) is 14.1. The third-order valence-electron chi connectivity index (χ3n) is 4.04. The number of aromatic hydroxyl groups is 1. The van der Waals surface area contributed by atoms with E-state index >= 15 is 0 Å². The molecule has 2 aromatic carbocycles. The van der Waals surface area contributed by atoms with Gasteiger partial charge in [-0.2, -0.15) is 0 Å². The molecule has 3 rings (SSSR count). The van der Waals surface area contributed by atoms with E-state index in [9.17, 15) is 14.7 Å². The number of rotatable bonds is 6. The van der Waals surface area contributed by atoms with Crippen LogP contribution in [0.25, 0.3) is 5.70 Å². The Bertz CT molecular complexity index is 804. The topological polar surface area (TPSA) is 69.6 Å². The van der Waals surface area contributed by atoms with Crippen LogP contribution in [0.15, 0.2) is 60.0 Å². The second-order valence-electron chi connectivity index (χ2n) is 5.93. The summed E-state index contributed by atoms with van der Waals surface area (Å²) < 4.78 is 0. The van der Waals surface area contributed by atoms with Crippen molar-refractivity contribution < 1.29 is 14.7 Å². The summed E-state index contributed by atoms with van der Waals surface area (Å²) in [6.07, 6.45) is 0.664. The monoisotopic (exact) mass is 368 g/mol. The van der Waals surface area contributed by atoms with E-state index in [1.165, 1.54) is 11.8 Å². The lowest BCUT2D eigenvalue weighted by Crippen LogP contribution is -2.42. The fraction of sp³-hybridized carbons (Fsp3) is 0.200. The highest BCUT2D eigenvalue weighted by Crippen LogP contribution is 2.27. The number of phenolic OH excluding ortho intramolecular Hbond substituents is 1. The molecule has 0 fully saturated rings. The van der Waals surface area contributed by atoms with Crippen LogP contribution in [0.5, 0.6) is 5.75 Å². The Kier molecular flexibility index (Phi) is 5.96. The quantitative estimate of drug-likeness (QED) is 0.822. The SMILES string of the molecule is O=C(CN1C(=O)CSC=C1c1ccccc1)NCCc1ccc(O)cc1. The molecule has 0 aliphatic carbocycles. The van der Waals surface area contributed by atoms with Crippen molar-refractivity contribution in [2.45, 2.75) is 6.42 Å². The van der Waals surface area contributed by atoms with Gasteiger partial charge in [0.25, 0.3) is 0 Å². The molecule has 2 amide bonds. The average molecular weight is 368 g/mol. The van der Waals surface area contributed by atoms with Crippen molar-refractivity contribution in [1.29, 1.82) is 0 Å². The number of carbonyl (C=O) groups excluding carboxylic acids is 2. The molecule has 2 N–H and O–H groups in total. The molecular weight excluding hydrogens is 348 g/mol. The van der Waals surface area contributed by atoms with Gasteiger partial charge in [0.05, 0.1) is 11.4 Å². The van der Waals surface area contributed by atoms with E-state index in [0.717, 1.165) is 16.8 Å². The molecule has 26 heavy (non-hydrogen) atoms. The first kappa shape index (κ1) is 18.1. The van der Waals surface area contributed by atoms with Crippen LogP contribution in [-0.4, -0.2) is 40.7 Å². The maximum atomic E-state index is 12.3. The first-order valence-corrected chi connectivity index (χ1v) is 9.40. The second-order valence-corrected chi connectivity index (χ2v) is 6.78. The number of phenols is 1. The fourth-order valence-corrected chi connectivity index (χ4v) is 3.49. The first-order chi connectivity index (χ1) is 12.6. The van der Waals surface area contributed by atoms with Gasteiger partial charge < -0.3 is 15.3 Å². The zero-order chi connectivity index (χ0) is 18.4. The molecule has 1 heterocycles. The maximum absolute atomic E-state index is 12.3. The van der Waals surface area contributed by atoms with E-state index in [1.54, 1.807) is 17.0 Å². The summed E-state index contributed by atoms with van der Waals surface area (Å²) in [5.41, 5.74) is 2.71. The van der Waals surface area contributed by atoms with Crippen LogP contribution in [-0.2, 0) is 16.0 Å². The second kappa shape index (κ2) is 8.58. The highest BCUT2D eigenvalue weighted by Gasteiger charge is 2.25. The molecule has 0 saturated carbocycles. The van der Waals surface area contributed by atoms with E-state index in [1.807, 2.05) is 47.9 Å². The minimum Gasteiger partial charge on any atom is -0.508 e. The van der Waals surface area contributed by atoms with E-state index in [0.29, 0.717) is 18.7 Å². The lowest BCUT2D eigenvalue weighted by Gasteiger charge is -2.28. The van der Waals surface area contributed by atoms with Gasteiger partial charge in [-0.3, -0.25) is 9.59 Å².